The van der Waals surface area contributed by atoms with Crippen LogP contribution < -0.4 is 9.47 Å². The predicted molar refractivity (Wildman–Crippen MR) is 101 cm³/mol. The van der Waals surface area contributed by atoms with Crippen LogP contribution in [0.4, 0.5) is 0 Å². The lowest BCUT2D eigenvalue weighted by atomic mass is 10.2. The minimum absolute atomic E-state index is 0.398. The largest absolute Gasteiger partial charge is 0.481 e. The fourth-order valence-electron chi connectivity index (χ4n) is 2.18. The maximum Gasteiger partial charge on any atom is 0.337 e. The van der Waals surface area contributed by atoms with Gasteiger partial charge in [0.05, 0.1) is 25.5 Å². The minimum atomic E-state index is -0.612. The van der Waals surface area contributed by atoms with Crippen LogP contribution in [0, 0.1) is 0 Å². The molecule has 0 aliphatic heterocycles. The molecule has 2 rings (SSSR count). The van der Waals surface area contributed by atoms with Crippen molar-refractivity contribution in [2.24, 2.45) is 0 Å². The van der Waals surface area contributed by atoms with E-state index in [4.69, 9.17) is 14.2 Å². The van der Waals surface area contributed by atoms with E-state index in [9.17, 15) is 4.79 Å². The van der Waals surface area contributed by atoms with Crippen LogP contribution in [0.3, 0.4) is 0 Å². The van der Waals surface area contributed by atoms with Crippen molar-refractivity contribution in [3.63, 3.8) is 0 Å². The first-order chi connectivity index (χ1) is 12.5. The Morgan fingerprint density at radius 3 is 2.38 bits per heavy atom. The molecule has 0 saturated carbocycles. The summed E-state index contributed by atoms with van der Waals surface area (Å²) in [7, 11) is 4.46. The molecule has 138 valence electrons. The highest BCUT2D eigenvalue weighted by Gasteiger charge is 2.14. The van der Waals surface area contributed by atoms with E-state index in [1.807, 2.05) is 19.1 Å². The number of nitrogens with zero attached hydrogens (tertiary/aromatic N) is 1. The molecule has 1 aromatic heterocycles. The van der Waals surface area contributed by atoms with Gasteiger partial charge in [-0.2, -0.15) is 0 Å². The zero-order valence-electron chi connectivity index (χ0n) is 15.0. The molecule has 0 aliphatic rings. The molecule has 26 heavy (non-hydrogen) atoms. The molecule has 0 saturated heterocycles. The van der Waals surface area contributed by atoms with E-state index in [1.165, 1.54) is 7.11 Å². The second kappa shape index (κ2) is 9.35. The normalized spacial score (nSPS) is 12.4. The van der Waals surface area contributed by atoms with Crippen LogP contribution >= 0.6 is 15.9 Å². The Morgan fingerprint density at radius 1 is 1.12 bits per heavy atom. The van der Waals surface area contributed by atoms with Crippen molar-refractivity contribution >= 4 is 28.0 Å². The number of aromatic nitrogens is 1. The fourth-order valence-corrected chi connectivity index (χ4v) is 2.51. The molecule has 1 heterocycles. The summed E-state index contributed by atoms with van der Waals surface area (Å²) in [5, 5.41) is 0. The molecule has 0 aliphatic carbocycles. The number of methoxy groups -OCH3 is 3. The summed E-state index contributed by atoms with van der Waals surface area (Å²) >= 11 is 3.47. The molecule has 0 bridgehead atoms. The number of ether oxygens (including phenoxy) is 4. The Bertz CT molecular complexity index is 789. The van der Waals surface area contributed by atoms with Crippen LogP contribution in [-0.4, -0.2) is 38.6 Å². The lowest BCUT2D eigenvalue weighted by molar-refractivity contribution is -0.0238. The van der Waals surface area contributed by atoms with E-state index in [-0.39, 0.29) is 0 Å². The number of halogens is 1. The van der Waals surface area contributed by atoms with Crippen molar-refractivity contribution in [2.45, 2.75) is 13.2 Å². The third kappa shape index (κ3) is 5.06. The quantitative estimate of drug-likeness (QED) is 0.495. The monoisotopic (exact) mass is 421 g/mol. The summed E-state index contributed by atoms with van der Waals surface area (Å²) in [6.07, 6.45) is 1.24. The van der Waals surface area contributed by atoms with E-state index in [1.54, 1.807) is 44.6 Å². The van der Waals surface area contributed by atoms with Crippen molar-refractivity contribution in [1.82, 2.24) is 4.98 Å². The van der Waals surface area contributed by atoms with E-state index < -0.39 is 12.3 Å². The molecule has 2 aromatic rings. The fraction of sp³-hybridized carbons (Fsp3) is 0.263. The van der Waals surface area contributed by atoms with Crippen LogP contribution in [-0.2, 0) is 9.47 Å². The molecule has 6 nitrogen and oxygen atoms in total. The molecule has 0 radical (unpaired) electrons. The molecule has 1 aromatic carbocycles. The summed E-state index contributed by atoms with van der Waals surface area (Å²) in [4.78, 5) is 15.9. The standard InChI is InChI=1S/C19H20BrNO5/c1-12(11-16-15(20)9-10-17(21-16)23-2)19(25-4)26-14-7-5-13(6-8-14)18(22)24-3/h5-11,19H,1-4H3/b12-11+. The summed E-state index contributed by atoms with van der Waals surface area (Å²) in [5.41, 5.74) is 1.96. The number of hydrogen-bond acceptors (Lipinski definition) is 6. The maximum absolute atomic E-state index is 11.5. The number of pyridine rings is 1. The smallest absolute Gasteiger partial charge is 0.337 e. The maximum atomic E-state index is 11.5. The first kappa shape index (κ1) is 19.9. The minimum Gasteiger partial charge on any atom is -0.481 e. The van der Waals surface area contributed by atoms with Crippen molar-refractivity contribution < 1.29 is 23.7 Å². The van der Waals surface area contributed by atoms with Crippen LogP contribution in [0.1, 0.15) is 23.0 Å². The highest BCUT2D eigenvalue weighted by atomic mass is 79.9. The van der Waals surface area contributed by atoms with Crippen molar-refractivity contribution in [3.05, 3.63) is 57.7 Å². The zero-order valence-corrected chi connectivity index (χ0v) is 16.6. The van der Waals surface area contributed by atoms with E-state index in [0.717, 1.165) is 10.0 Å². The van der Waals surface area contributed by atoms with Crippen molar-refractivity contribution in [1.29, 1.82) is 0 Å². The first-order valence-electron chi connectivity index (χ1n) is 7.75. The van der Waals surface area contributed by atoms with Gasteiger partial charge in [0, 0.05) is 17.6 Å². The Hall–Kier alpha value is -2.38. The van der Waals surface area contributed by atoms with Gasteiger partial charge in [0.25, 0.3) is 0 Å². The van der Waals surface area contributed by atoms with Gasteiger partial charge in [-0.25, -0.2) is 9.78 Å². The Balaban J connectivity index is 2.18. The second-order valence-corrected chi connectivity index (χ2v) is 6.16. The molecule has 1 unspecified atom stereocenters. The third-order valence-electron chi connectivity index (χ3n) is 3.53. The zero-order chi connectivity index (χ0) is 19.1. The summed E-state index contributed by atoms with van der Waals surface area (Å²) in [5.74, 6) is 0.681. The van der Waals surface area contributed by atoms with E-state index >= 15 is 0 Å². The van der Waals surface area contributed by atoms with E-state index in [0.29, 0.717) is 22.9 Å². The summed E-state index contributed by atoms with van der Waals surface area (Å²) < 4.78 is 21.9. The number of carbonyl (C=O) groups excluding carboxylic acids is 1. The Morgan fingerprint density at radius 2 is 1.81 bits per heavy atom. The number of hydrogen-bond donors (Lipinski definition) is 0. The summed E-state index contributed by atoms with van der Waals surface area (Å²) in [6.45, 7) is 1.88. The van der Waals surface area contributed by atoms with Gasteiger partial charge in [-0.1, -0.05) is 0 Å². The molecular weight excluding hydrogens is 402 g/mol. The highest BCUT2D eigenvalue weighted by molar-refractivity contribution is 9.10. The molecule has 7 heteroatoms. The number of benzene rings is 1. The molecular formula is C19H20BrNO5. The van der Waals surface area contributed by atoms with Gasteiger partial charge in [-0.15, -0.1) is 0 Å². The number of rotatable bonds is 7. The van der Waals surface area contributed by atoms with Gasteiger partial charge in [-0.05, 0) is 64.8 Å². The van der Waals surface area contributed by atoms with Crippen LogP contribution in [0.2, 0.25) is 0 Å². The van der Waals surface area contributed by atoms with Gasteiger partial charge in [-0.3, -0.25) is 0 Å². The van der Waals surface area contributed by atoms with Gasteiger partial charge in [0.1, 0.15) is 5.75 Å². The topological polar surface area (TPSA) is 66.9 Å². The van der Waals surface area contributed by atoms with Crippen molar-refractivity contribution in [2.75, 3.05) is 21.3 Å². The van der Waals surface area contributed by atoms with Gasteiger partial charge in [0.15, 0.2) is 0 Å². The SMILES string of the molecule is COC(=O)c1ccc(OC(OC)/C(C)=C/c2nc(OC)ccc2Br)cc1. The second-order valence-electron chi connectivity index (χ2n) is 5.31. The average Bonchev–Trinajstić information content (AvgIpc) is 2.67. The van der Waals surface area contributed by atoms with E-state index in [2.05, 4.69) is 25.7 Å². The lowest BCUT2D eigenvalue weighted by Crippen LogP contribution is -2.20. The van der Waals surface area contributed by atoms with Gasteiger partial charge >= 0.3 is 5.97 Å². The first-order valence-corrected chi connectivity index (χ1v) is 8.54. The lowest BCUT2D eigenvalue weighted by Gasteiger charge is -2.18. The Labute approximate surface area is 160 Å². The van der Waals surface area contributed by atoms with Crippen molar-refractivity contribution in [3.8, 4) is 11.6 Å². The molecule has 0 fully saturated rings. The number of esters is 1. The predicted octanol–water partition coefficient (Wildman–Crippen LogP) is 4.09. The molecule has 0 amide bonds. The highest BCUT2D eigenvalue weighted by Crippen LogP contribution is 2.23. The van der Waals surface area contributed by atoms with Crippen LogP contribution in [0.5, 0.6) is 11.6 Å². The summed E-state index contributed by atoms with van der Waals surface area (Å²) in [6, 6.07) is 10.3. The van der Waals surface area contributed by atoms with Crippen LogP contribution in [0.25, 0.3) is 6.08 Å². The van der Waals surface area contributed by atoms with Gasteiger partial charge < -0.3 is 18.9 Å². The molecule has 1 atom stereocenters. The number of carbonyl (C=O) groups is 1. The molecule has 0 N–H and O–H groups in total. The van der Waals surface area contributed by atoms with Gasteiger partial charge in [0.2, 0.25) is 12.2 Å². The molecule has 0 spiro atoms. The average molecular weight is 422 g/mol. The third-order valence-corrected chi connectivity index (χ3v) is 4.20. The Kier molecular flexibility index (Phi) is 7.17. The van der Waals surface area contributed by atoms with Crippen LogP contribution in [0.15, 0.2) is 46.4 Å².